The molecule has 1 N–H and O–H groups in total. The molecule has 3 saturated carbocycles. The van der Waals surface area contributed by atoms with Crippen molar-refractivity contribution in [2.75, 3.05) is 7.11 Å². The summed E-state index contributed by atoms with van der Waals surface area (Å²) in [6, 6.07) is 4.19. The van der Waals surface area contributed by atoms with Crippen LogP contribution in [0.25, 0.3) is 0 Å². The Morgan fingerprint density at radius 1 is 1.15 bits per heavy atom. The Morgan fingerprint density at radius 3 is 2.40 bits per heavy atom. The van der Waals surface area contributed by atoms with E-state index in [1.807, 2.05) is 0 Å². The number of rotatable bonds is 3. The normalized spacial score (nSPS) is 38.7. The van der Waals surface area contributed by atoms with Crippen LogP contribution < -0.4 is 4.74 Å². The number of methoxy groups -OCH3 is 1. The molecule has 0 aliphatic heterocycles. The molecule has 3 aliphatic carbocycles. The summed E-state index contributed by atoms with van der Waals surface area (Å²) in [7, 11) is 1.72. The first-order chi connectivity index (χ1) is 9.63. The number of aryl methyl sites for hydroxylation is 1. The Balaban J connectivity index is 1.64. The highest BCUT2D eigenvalue weighted by Gasteiger charge is 2.67. The molecule has 0 heterocycles. The molecule has 1 aromatic carbocycles. The lowest BCUT2D eigenvalue weighted by atomic mass is 9.92. The predicted molar refractivity (Wildman–Crippen MR) is 78.7 cm³/mol. The maximum absolute atomic E-state index is 10.9. The van der Waals surface area contributed by atoms with Gasteiger partial charge in [0.1, 0.15) is 5.75 Å². The average molecular weight is 272 g/mol. The summed E-state index contributed by atoms with van der Waals surface area (Å²) in [4.78, 5) is 0. The van der Waals surface area contributed by atoms with Crippen molar-refractivity contribution in [3.05, 3.63) is 28.8 Å². The molecule has 2 heteroatoms. The lowest BCUT2D eigenvalue weighted by Gasteiger charge is -2.20. The van der Waals surface area contributed by atoms with Crippen molar-refractivity contribution in [3.63, 3.8) is 0 Å². The molecule has 0 spiro atoms. The molecule has 20 heavy (non-hydrogen) atoms. The first-order valence-corrected chi connectivity index (χ1v) is 7.95. The molecule has 2 bridgehead atoms. The summed E-state index contributed by atoms with van der Waals surface area (Å²) >= 11 is 0. The zero-order valence-electron chi connectivity index (χ0n) is 12.6. The second-order valence-corrected chi connectivity index (χ2v) is 7.14. The third kappa shape index (κ3) is 1.54. The van der Waals surface area contributed by atoms with Gasteiger partial charge in [-0.3, -0.25) is 0 Å². The molecular formula is C18H24O2. The number of benzene rings is 1. The molecule has 3 aliphatic rings. The number of aliphatic hydroxyl groups excluding tert-OH is 1. The van der Waals surface area contributed by atoms with Gasteiger partial charge in [-0.05, 0) is 73.8 Å². The standard InChI is InChI=1S/C18H24O2/c1-9-4-7-13(18(20-3)10(9)2)17(19)16-14-11-5-6-12(8-11)15(14)16/h4,7,11-12,14-17,19H,5-6,8H2,1-3H3. The third-order valence-electron chi connectivity index (χ3n) is 6.39. The van der Waals surface area contributed by atoms with Crippen molar-refractivity contribution in [1.29, 1.82) is 0 Å². The molecule has 1 aromatic rings. The van der Waals surface area contributed by atoms with Gasteiger partial charge in [-0.25, -0.2) is 0 Å². The number of fused-ring (bicyclic) bond motifs is 5. The second kappa shape index (κ2) is 4.24. The van der Waals surface area contributed by atoms with Crippen LogP contribution in [-0.2, 0) is 0 Å². The van der Waals surface area contributed by atoms with E-state index in [0.717, 1.165) is 40.5 Å². The van der Waals surface area contributed by atoms with Crippen LogP contribution >= 0.6 is 0 Å². The number of hydrogen-bond acceptors (Lipinski definition) is 2. The molecule has 0 radical (unpaired) electrons. The Morgan fingerprint density at radius 2 is 1.80 bits per heavy atom. The minimum Gasteiger partial charge on any atom is -0.496 e. The van der Waals surface area contributed by atoms with E-state index < -0.39 is 0 Å². The molecular weight excluding hydrogens is 248 g/mol. The monoisotopic (exact) mass is 272 g/mol. The van der Waals surface area contributed by atoms with Crippen molar-refractivity contribution in [2.45, 2.75) is 39.2 Å². The van der Waals surface area contributed by atoms with Gasteiger partial charge in [-0.2, -0.15) is 0 Å². The van der Waals surface area contributed by atoms with Crippen molar-refractivity contribution in [3.8, 4) is 5.75 Å². The van der Waals surface area contributed by atoms with Gasteiger partial charge >= 0.3 is 0 Å². The van der Waals surface area contributed by atoms with Crippen LogP contribution in [0.15, 0.2) is 12.1 Å². The van der Waals surface area contributed by atoms with Crippen LogP contribution in [0.2, 0.25) is 0 Å². The minimum absolute atomic E-state index is 0.331. The van der Waals surface area contributed by atoms with E-state index in [0.29, 0.717) is 5.92 Å². The number of ether oxygens (including phenoxy) is 1. The fourth-order valence-corrected chi connectivity index (χ4v) is 5.34. The van der Waals surface area contributed by atoms with Gasteiger partial charge in [0.05, 0.1) is 13.2 Å². The lowest BCUT2D eigenvalue weighted by molar-refractivity contribution is 0.126. The Bertz CT molecular complexity index is 535. The van der Waals surface area contributed by atoms with Gasteiger partial charge in [-0.1, -0.05) is 12.1 Å². The van der Waals surface area contributed by atoms with Crippen molar-refractivity contribution in [2.24, 2.45) is 29.6 Å². The third-order valence-corrected chi connectivity index (χ3v) is 6.39. The Hall–Kier alpha value is -1.02. The molecule has 0 aromatic heterocycles. The van der Waals surface area contributed by atoms with Crippen LogP contribution in [0.3, 0.4) is 0 Å². The summed E-state index contributed by atoms with van der Waals surface area (Å²) in [5.74, 6) is 4.81. The van der Waals surface area contributed by atoms with Gasteiger partial charge in [0.25, 0.3) is 0 Å². The summed E-state index contributed by atoms with van der Waals surface area (Å²) in [5, 5.41) is 10.9. The van der Waals surface area contributed by atoms with Crippen LogP contribution in [0.5, 0.6) is 5.75 Å². The molecule has 4 rings (SSSR count). The highest BCUT2D eigenvalue weighted by atomic mass is 16.5. The van der Waals surface area contributed by atoms with E-state index >= 15 is 0 Å². The molecule has 3 fully saturated rings. The van der Waals surface area contributed by atoms with Gasteiger partial charge < -0.3 is 9.84 Å². The fraction of sp³-hybridized carbons (Fsp3) is 0.667. The van der Waals surface area contributed by atoms with E-state index in [4.69, 9.17) is 4.74 Å². The molecule has 5 unspecified atom stereocenters. The SMILES string of the molecule is COc1c(C(O)C2C3C4CCC(C4)C32)ccc(C)c1C. The number of hydrogen-bond donors (Lipinski definition) is 1. The summed E-state index contributed by atoms with van der Waals surface area (Å²) < 4.78 is 5.59. The van der Waals surface area contributed by atoms with Crippen molar-refractivity contribution in [1.82, 2.24) is 0 Å². The maximum atomic E-state index is 10.9. The summed E-state index contributed by atoms with van der Waals surface area (Å²) in [5.41, 5.74) is 3.40. The summed E-state index contributed by atoms with van der Waals surface area (Å²) in [6.07, 6.45) is 3.91. The van der Waals surface area contributed by atoms with E-state index in [1.54, 1.807) is 7.11 Å². The van der Waals surface area contributed by atoms with E-state index in [9.17, 15) is 5.11 Å². The van der Waals surface area contributed by atoms with Gasteiger partial charge in [0.15, 0.2) is 0 Å². The van der Waals surface area contributed by atoms with E-state index in [-0.39, 0.29) is 6.10 Å². The average Bonchev–Trinajstić information content (AvgIpc) is 2.88. The topological polar surface area (TPSA) is 29.5 Å². The van der Waals surface area contributed by atoms with Crippen LogP contribution in [0.4, 0.5) is 0 Å². The molecule has 0 saturated heterocycles. The smallest absolute Gasteiger partial charge is 0.127 e. The molecule has 2 nitrogen and oxygen atoms in total. The quantitative estimate of drug-likeness (QED) is 0.910. The van der Waals surface area contributed by atoms with Crippen LogP contribution in [0, 0.1) is 43.4 Å². The Kier molecular flexibility index (Phi) is 2.69. The highest BCUT2D eigenvalue weighted by molar-refractivity contribution is 5.47. The van der Waals surface area contributed by atoms with E-state index in [1.165, 1.54) is 24.8 Å². The van der Waals surface area contributed by atoms with Gasteiger partial charge in [-0.15, -0.1) is 0 Å². The van der Waals surface area contributed by atoms with Crippen LogP contribution in [0.1, 0.15) is 42.1 Å². The molecule has 0 amide bonds. The molecule has 108 valence electrons. The predicted octanol–water partition coefficient (Wildman–Crippen LogP) is 3.64. The maximum Gasteiger partial charge on any atom is 0.127 e. The lowest BCUT2D eigenvalue weighted by Crippen LogP contribution is -2.10. The van der Waals surface area contributed by atoms with Gasteiger partial charge in [0.2, 0.25) is 0 Å². The highest BCUT2D eigenvalue weighted by Crippen LogP contribution is 2.72. The van der Waals surface area contributed by atoms with Crippen molar-refractivity contribution >= 4 is 0 Å². The van der Waals surface area contributed by atoms with Gasteiger partial charge in [0, 0.05) is 5.56 Å². The number of aliphatic hydroxyl groups is 1. The summed E-state index contributed by atoms with van der Waals surface area (Å²) in [6.45, 7) is 4.18. The van der Waals surface area contributed by atoms with Crippen LogP contribution in [-0.4, -0.2) is 12.2 Å². The van der Waals surface area contributed by atoms with Crippen molar-refractivity contribution < 1.29 is 9.84 Å². The Labute approximate surface area is 121 Å². The zero-order valence-corrected chi connectivity index (χ0v) is 12.6. The fourth-order valence-electron chi connectivity index (χ4n) is 5.34. The minimum atomic E-state index is -0.331. The van der Waals surface area contributed by atoms with E-state index in [2.05, 4.69) is 26.0 Å². The second-order valence-electron chi connectivity index (χ2n) is 7.14. The first-order valence-electron chi connectivity index (χ1n) is 7.95. The zero-order chi connectivity index (χ0) is 14.0. The molecule has 5 atom stereocenters. The largest absolute Gasteiger partial charge is 0.496 e. The first kappa shape index (κ1) is 12.7.